The van der Waals surface area contributed by atoms with E-state index in [9.17, 15) is 9.18 Å². The van der Waals surface area contributed by atoms with Gasteiger partial charge in [-0.25, -0.2) is 14.2 Å². The van der Waals surface area contributed by atoms with Crippen LogP contribution in [0.1, 0.15) is 23.0 Å². The van der Waals surface area contributed by atoms with Crippen LogP contribution in [0.25, 0.3) is 10.9 Å². The van der Waals surface area contributed by atoms with Crippen molar-refractivity contribution in [1.82, 2.24) is 4.98 Å². The standard InChI is InChI=1S/C14H14FNO3/c1-4-19-11-7-10(14(17)18-3)16-13-8(2)5-6-9(15)12(11)13/h5-7H,4H2,1-3H3. The molecular formula is C14H14FNO3. The van der Waals surface area contributed by atoms with Gasteiger partial charge in [0.25, 0.3) is 0 Å². The van der Waals surface area contributed by atoms with Crippen molar-refractivity contribution in [3.05, 3.63) is 35.3 Å². The lowest BCUT2D eigenvalue weighted by Gasteiger charge is -2.11. The molecule has 1 aromatic heterocycles. The monoisotopic (exact) mass is 263 g/mol. The lowest BCUT2D eigenvalue weighted by molar-refractivity contribution is 0.0594. The van der Waals surface area contributed by atoms with Crippen molar-refractivity contribution in [1.29, 1.82) is 0 Å². The molecule has 0 bridgehead atoms. The summed E-state index contributed by atoms with van der Waals surface area (Å²) in [6.07, 6.45) is 0. The molecule has 0 N–H and O–H groups in total. The average molecular weight is 263 g/mol. The molecule has 100 valence electrons. The molecule has 0 atom stereocenters. The van der Waals surface area contributed by atoms with Crippen molar-refractivity contribution in [3.8, 4) is 5.75 Å². The SMILES string of the molecule is CCOc1cc(C(=O)OC)nc2c(C)ccc(F)c12. The molecule has 0 aliphatic heterocycles. The Labute approximate surface area is 110 Å². The van der Waals surface area contributed by atoms with E-state index in [1.807, 2.05) is 0 Å². The zero-order valence-corrected chi connectivity index (χ0v) is 11.0. The van der Waals surface area contributed by atoms with E-state index in [-0.39, 0.29) is 11.1 Å². The molecule has 0 spiro atoms. The quantitative estimate of drug-likeness (QED) is 0.799. The largest absolute Gasteiger partial charge is 0.493 e. The molecule has 4 nitrogen and oxygen atoms in total. The molecule has 0 amide bonds. The Balaban J connectivity index is 2.79. The lowest BCUT2D eigenvalue weighted by atomic mass is 10.1. The Hall–Kier alpha value is -2.17. The van der Waals surface area contributed by atoms with E-state index < -0.39 is 11.8 Å². The molecule has 0 aliphatic carbocycles. The van der Waals surface area contributed by atoms with E-state index >= 15 is 0 Å². The zero-order valence-electron chi connectivity index (χ0n) is 11.0. The third-order valence-electron chi connectivity index (χ3n) is 2.77. The number of aryl methyl sites for hydroxylation is 1. The number of pyridine rings is 1. The van der Waals surface area contributed by atoms with Crippen LogP contribution in [0, 0.1) is 12.7 Å². The maximum atomic E-state index is 13.9. The number of hydrogen-bond acceptors (Lipinski definition) is 4. The number of methoxy groups -OCH3 is 1. The van der Waals surface area contributed by atoms with Crippen LogP contribution >= 0.6 is 0 Å². The summed E-state index contributed by atoms with van der Waals surface area (Å²) in [6.45, 7) is 3.95. The number of nitrogens with zero attached hydrogens (tertiary/aromatic N) is 1. The number of fused-ring (bicyclic) bond motifs is 1. The van der Waals surface area contributed by atoms with Gasteiger partial charge in [0.05, 0.1) is 24.6 Å². The molecule has 1 aromatic carbocycles. The topological polar surface area (TPSA) is 48.4 Å². The van der Waals surface area contributed by atoms with E-state index in [0.29, 0.717) is 17.9 Å². The van der Waals surface area contributed by atoms with Crippen LogP contribution in [0.4, 0.5) is 4.39 Å². The summed E-state index contributed by atoms with van der Waals surface area (Å²) < 4.78 is 24.0. The summed E-state index contributed by atoms with van der Waals surface area (Å²) in [5.74, 6) is -0.700. The van der Waals surface area contributed by atoms with Crippen molar-refractivity contribution in [2.75, 3.05) is 13.7 Å². The predicted octanol–water partition coefficient (Wildman–Crippen LogP) is 2.87. The van der Waals surface area contributed by atoms with E-state index in [1.165, 1.54) is 19.2 Å². The van der Waals surface area contributed by atoms with Crippen LogP contribution in [-0.4, -0.2) is 24.7 Å². The third-order valence-corrected chi connectivity index (χ3v) is 2.77. The van der Waals surface area contributed by atoms with E-state index in [1.54, 1.807) is 19.9 Å². The summed E-state index contributed by atoms with van der Waals surface area (Å²) in [4.78, 5) is 15.7. The normalized spacial score (nSPS) is 10.5. The predicted molar refractivity (Wildman–Crippen MR) is 68.9 cm³/mol. The fraction of sp³-hybridized carbons (Fsp3) is 0.286. The molecule has 0 radical (unpaired) electrons. The van der Waals surface area contributed by atoms with Crippen LogP contribution in [0.2, 0.25) is 0 Å². The highest BCUT2D eigenvalue weighted by atomic mass is 19.1. The Morgan fingerprint density at radius 1 is 1.42 bits per heavy atom. The molecule has 0 saturated carbocycles. The van der Waals surface area contributed by atoms with Gasteiger partial charge in [-0.3, -0.25) is 0 Å². The third kappa shape index (κ3) is 2.36. The second-order valence-corrected chi connectivity index (χ2v) is 4.02. The number of rotatable bonds is 3. The second-order valence-electron chi connectivity index (χ2n) is 4.02. The van der Waals surface area contributed by atoms with Gasteiger partial charge >= 0.3 is 5.97 Å². The van der Waals surface area contributed by atoms with Crippen LogP contribution in [-0.2, 0) is 4.74 Å². The first kappa shape index (κ1) is 13.3. The van der Waals surface area contributed by atoms with E-state index in [0.717, 1.165) is 5.56 Å². The van der Waals surface area contributed by atoms with Crippen molar-refractivity contribution < 1.29 is 18.7 Å². The van der Waals surface area contributed by atoms with Gasteiger partial charge in [-0.15, -0.1) is 0 Å². The maximum absolute atomic E-state index is 13.9. The number of hydrogen-bond donors (Lipinski definition) is 0. The van der Waals surface area contributed by atoms with Gasteiger partial charge in [0.2, 0.25) is 0 Å². The van der Waals surface area contributed by atoms with Gasteiger partial charge < -0.3 is 9.47 Å². The molecule has 0 unspecified atom stereocenters. The molecule has 5 heteroatoms. The van der Waals surface area contributed by atoms with Crippen molar-refractivity contribution in [2.45, 2.75) is 13.8 Å². The summed E-state index contributed by atoms with van der Waals surface area (Å²) >= 11 is 0. The Morgan fingerprint density at radius 3 is 2.79 bits per heavy atom. The molecular weight excluding hydrogens is 249 g/mol. The van der Waals surface area contributed by atoms with Gasteiger partial charge in [-0.2, -0.15) is 0 Å². The summed E-state index contributed by atoms with van der Waals surface area (Å²) in [7, 11) is 1.27. The van der Waals surface area contributed by atoms with Crippen LogP contribution in [0.3, 0.4) is 0 Å². The Morgan fingerprint density at radius 2 is 2.16 bits per heavy atom. The number of aromatic nitrogens is 1. The van der Waals surface area contributed by atoms with Gasteiger partial charge in [-0.05, 0) is 25.5 Å². The minimum Gasteiger partial charge on any atom is -0.493 e. The fourth-order valence-corrected chi connectivity index (χ4v) is 1.88. The molecule has 2 aromatic rings. The lowest BCUT2D eigenvalue weighted by Crippen LogP contribution is -2.07. The molecule has 0 aliphatic rings. The van der Waals surface area contributed by atoms with Gasteiger partial charge in [-0.1, -0.05) is 6.07 Å². The van der Waals surface area contributed by atoms with Gasteiger partial charge in [0.15, 0.2) is 5.69 Å². The highest BCUT2D eigenvalue weighted by Gasteiger charge is 2.17. The number of carbonyl (C=O) groups is 1. The molecule has 1 heterocycles. The summed E-state index contributed by atoms with van der Waals surface area (Å²) in [6, 6.07) is 4.38. The zero-order chi connectivity index (χ0) is 14.0. The number of ether oxygens (including phenoxy) is 2. The smallest absolute Gasteiger partial charge is 0.356 e. The van der Waals surface area contributed by atoms with Gasteiger partial charge in [0, 0.05) is 6.07 Å². The first-order valence-corrected chi connectivity index (χ1v) is 5.89. The summed E-state index contributed by atoms with van der Waals surface area (Å²) in [5, 5.41) is 0.287. The van der Waals surface area contributed by atoms with Crippen LogP contribution < -0.4 is 4.74 Å². The Bertz CT molecular complexity index is 640. The van der Waals surface area contributed by atoms with E-state index in [4.69, 9.17) is 4.74 Å². The molecule has 19 heavy (non-hydrogen) atoms. The van der Waals surface area contributed by atoms with Gasteiger partial charge in [0.1, 0.15) is 11.6 Å². The molecule has 0 fully saturated rings. The Kier molecular flexibility index (Phi) is 3.64. The number of esters is 1. The first-order valence-electron chi connectivity index (χ1n) is 5.89. The second kappa shape index (κ2) is 5.22. The van der Waals surface area contributed by atoms with Crippen molar-refractivity contribution in [3.63, 3.8) is 0 Å². The average Bonchev–Trinajstić information content (AvgIpc) is 2.42. The minimum atomic E-state index is -0.577. The fourth-order valence-electron chi connectivity index (χ4n) is 1.88. The highest BCUT2D eigenvalue weighted by Crippen LogP contribution is 2.30. The summed E-state index contributed by atoms with van der Waals surface area (Å²) in [5.41, 5.74) is 1.28. The van der Waals surface area contributed by atoms with Crippen molar-refractivity contribution >= 4 is 16.9 Å². The minimum absolute atomic E-state index is 0.104. The number of carbonyl (C=O) groups excluding carboxylic acids is 1. The maximum Gasteiger partial charge on any atom is 0.356 e. The van der Waals surface area contributed by atoms with Crippen LogP contribution in [0.5, 0.6) is 5.75 Å². The first-order chi connectivity index (χ1) is 9.08. The highest BCUT2D eigenvalue weighted by molar-refractivity contribution is 5.95. The van der Waals surface area contributed by atoms with E-state index in [2.05, 4.69) is 9.72 Å². The molecule has 0 saturated heterocycles. The number of halogens is 1. The van der Waals surface area contributed by atoms with Crippen LogP contribution in [0.15, 0.2) is 18.2 Å². The number of benzene rings is 1. The molecule has 2 rings (SSSR count). The van der Waals surface area contributed by atoms with Crippen molar-refractivity contribution in [2.24, 2.45) is 0 Å².